The average Bonchev–Trinajstić information content (AvgIpc) is 2.81. The number of rotatable bonds is 4. The number of ether oxygens (including phenoxy) is 1. The fraction of sp³-hybridized carbons (Fsp3) is 0.588. The summed E-state index contributed by atoms with van der Waals surface area (Å²) in [5.41, 5.74) is 1.02. The molecule has 132 valence electrons. The van der Waals surface area contributed by atoms with Crippen LogP contribution >= 0.6 is 0 Å². The van der Waals surface area contributed by atoms with Crippen molar-refractivity contribution in [2.45, 2.75) is 50.3 Å². The van der Waals surface area contributed by atoms with Gasteiger partial charge in [0.15, 0.2) is 0 Å². The minimum Gasteiger partial charge on any atom is -0.371 e. The third-order valence-corrected chi connectivity index (χ3v) is 6.40. The van der Waals surface area contributed by atoms with E-state index < -0.39 is 10.0 Å². The molecule has 2 fully saturated rings. The van der Waals surface area contributed by atoms with Gasteiger partial charge in [0, 0.05) is 19.1 Å². The molecular formula is C17H24N2O4S. The van der Waals surface area contributed by atoms with Crippen LogP contribution in [0.3, 0.4) is 0 Å². The van der Waals surface area contributed by atoms with Gasteiger partial charge in [0.1, 0.15) is 0 Å². The molecule has 7 heteroatoms. The van der Waals surface area contributed by atoms with E-state index in [9.17, 15) is 13.2 Å². The van der Waals surface area contributed by atoms with Gasteiger partial charge in [0.2, 0.25) is 15.9 Å². The third kappa shape index (κ3) is 3.34. The minimum absolute atomic E-state index is 0.0490. The molecule has 1 N–H and O–H groups in total. The maximum absolute atomic E-state index is 12.8. The number of amides is 1. The van der Waals surface area contributed by atoms with Crippen LogP contribution in [0, 0.1) is 12.8 Å². The van der Waals surface area contributed by atoms with Crippen molar-refractivity contribution in [1.82, 2.24) is 9.62 Å². The van der Waals surface area contributed by atoms with Gasteiger partial charge in [-0.05, 0) is 39.3 Å². The molecule has 3 atom stereocenters. The smallest absolute Gasteiger partial charge is 0.243 e. The Kier molecular flexibility index (Phi) is 4.68. The van der Waals surface area contributed by atoms with Gasteiger partial charge in [-0.2, -0.15) is 4.31 Å². The average molecular weight is 352 g/mol. The maximum Gasteiger partial charge on any atom is 0.243 e. The Bertz CT molecular complexity index is 715. The highest BCUT2D eigenvalue weighted by atomic mass is 32.2. The van der Waals surface area contributed by atoms with Crippen molar-refractivity contribution in [3.8, 4) is 0 Å². The lowest BCUT2D eigenvalue weighted by molar-refractivity contribution is -0.127. The maximum atomic E-state index is 12.8. The van der Waals surface area contributed by atoms with E-state index in [0.717, 1.165) is 5.56 Å². The van der Waals surface area contributed by atoms with Gasteiger partial charge in [-0.15, -0.1) is 0 Å². The molecule has 0 aliphatic carbocycles. The summed E-state index contributed by atoms with van der Waals surface area (Å²) in [5.74, 6) is -0.331. The monoisotopic (exact) mass is 352 g/mol. The molecule has 1 amide bonds. The first-order chi connectivity index (χ1) is 11.3. The number of fused-ring (bicyclic) bond motifs is 2. The quantitative estimate of drug-likeness (QED) is 0.886. The number of hydrogen-bond acceptors (Lipinski definition) is 4. The summed E-state index contributed by atoms with van der Waals surface area (Å²) in [6, 6.07) is 6.91. The molecule has 2 aliphatic rings. The van der Waals surface area contributed by atoms with E-state index in [1.165, 1.54) is 4.31 Å². The van der Waals surface area contributed by atoms with Crippen LogP contribution in [0.4, 0.5) is 0 Å². The second kappa shape index (κ2) is 6.46. The van der Waals surface area contributed by atoms with Crippen molar-refractivity contribution in [2.24, 2.45) is 5.92 Å². The fourth-order valence-electron chi connectivity index (χ4n) is 3.35. The molecule has 2 aliphatic heterocycles. The van der Waals surface area contributed by atoms with Gasteiger partial charge in [-0.1, -0.05) is 17.7 Å². The molecule has 0 unspecified atom stereocenters. The van der Waals surface area contributed by atoms with E-state index >= 15 is 0 Å². The van der Waals surface area contributed by atoms with Gasteiger partial charge in [0.05, 0.1) is 23.0 Å². The normalized spacial score (nSPS) is 27.4. The molecule has 1 aromatic carbocycles. The van der Waals surface area contributed by atoms with Crippen molar-refractivity contribution in [3.63, 3.8) is 0 Å². The van der Waals surface area contributed by atoms with Crippen LogP contribution in [0.2, 0.25) is 0 Å². The summed E-state index contributed by atoms with van der Waals surface area (Å²) in [7, 11) is -3.56. The lowest BCUT2D eigenvalue weighted by Gasteiger charge is -2.32. The Morgan fingerprint density at radius 2 is 1.92 bits per heavy atom. The zero-order chi connectivity index (χ0) is 17.5. The van der Waals surface area contributed by atoms with Gasteiger partial charge in [0.25, 0.3) is 0 Å². The highest BCUT2D eigenvalue weighted by Gasteiger charge is 2.47. The molecule has 0 saturated carbocycles. The zero-order valence-electron chi connectivity index (χ0n) is 14.2. The Labute approximate surface area is 143 Å². The van der Waals surface area contributed by atoms with Crippen LogP contribution in [0.15, 0.2) is 29.2 Å². The minimum atomic E-state index is -3.56. The van der Waals surface area contributed by atoms with Crippen molar-refractivity contribution in [1.29, 1.82) is 0 Å². The van der Waals surface area contributed by atoms with Crippen LogP contribution in [0.25, 0.3) is 0 Å². The summed E-state index contributed by atoms with van der Waals surface area (Å²) < 4.78 is 33.0. The van der Waals surface area contributed by atoms with E-state index in [2.05, 4.69) is 5.32 Å². The number of carbonyl (C=O) groups is 1. The Morgan fingerprint density at radius 3 is 2.54 bits per heavy atom. The standard InChI is InChI=1S/C17H24N2O4S/c1-11(2)18-17(20)15-8-13-9-19(10-16(15)23-13)24(21,22)14-6-4-12(3)5-7-14/h4-7,11,13,15-16H,8-10H2,1-3H3,(H,18,20)/t13-,15+,16-/m0/s1. The molecule has 2 saturated heterocycles. The number of nitrogens with one attached hydrogen (secondary N) is 1. The number of carbonyl (C=O) groups excluding carboxylic acids is 1. The van der Waals surface area contributed by atoms with Gasteiger partial charge in [-0.25, -0.2) is 8.42 Å². The SMILES string of the molecule is Cc1ccc(S(=O)(=O)N2C[C@@H]3C[C@@H](C(=O)NC(C)C)[C@H](C2)O3)cc1. The summed E-state index contributed by atoms with van der Waals surface area (Å²) in [4.78, 5) is 12.6. The molecule has 1 aromatic rings. The van der Waals surface area contributed by atoms with Crippen LogP contribution in [-0.2, 0) is 19.6 Å². The van der Waals surface area contributed by atoms with Crippen LogP contribution in [0.1, 0.15) is 25.8 Å². The van der Waals surface area contributed by atoms with E-state index in [1.54, 1.807) is 24.3 Å². The highest BCUT2D eigenvalue weighted by molar-refractivity contribution is 7.89. The summed E-state index contributed by atoms with van der Waals surface area (Å²) in [5, 5.41) is 2.90. The highest BCUT2D eigenvalue weighted by Crippen LogP contribution is 2.34. The lowest BCUT2D eigenvalue weighted by atomic mass is 9.99. The molecular weight excluding hydrogens is 328 g/mol. The third-order valence-electron chi connectivity index (χ3n) is 4.55. The number of aryl methyl sites for hydroxylation is 1. The van der Waals surface area contributed by atoms with Crippen LogP contribution in [-0.4, -0.2) is 50.0 Å². The van der Waals surface area contributed by atoms with Crippen LogP contribution in [0.5, 0.6) is 0 Å². The summed E-state index contributed by atoms with van der Waals surface area (Å²) in [6.07, 6.45) is -0.0158. The molecule has 3 rings (SSSR count). The molecule has 24 heavy (non-hydrogen) atoms. The van der Waals surface area contributed by atoms with E-state index in [0.29, 0.717) is 13.0 Å². The van der Waals surface area contributed by atoms with Crippen molar-refractivity contribution < 1.29 is 17.9 Å². The van der Waals surface area contributed by atoms with E-state index in [-0.39, 0.29) is 41.5 Å². The Morgan fingerprint density at radius 1 is 1.25 bits per heavy atom. The second-order valence-electron chi connectivity index (χ2n) is 6.94. The van der Waals surface area contributed by atoms with E-state index in [4.69, 9.17) is 4.74 Å². The van der Waals surface area contributed by atoms with Crippen molar-refractivity contribution in [2.75, 3.05) is 13.1 Å². The summed E-state index contributed by atoms with van der Waals surface area (Å²) in [6.45, 7) is 6.27. The predicted octanol–water partition coefficient (Wildman–Crippen LogP) is 1.30. The van der Waals surface area contributed by atoms with Gasteiger partial charge in [-0.3, -0.25) is 4.79 Å². The number of hydrogen-bond donors (Lipinski definition) is 1. The first-order valence-electron chi connectivity index (χ1n) is 8.30. The molecule has 0 spiro atoms. The molecule has 2 bridgehead atoms. The Hall–Kier alpha value is -1.44. The molecule has 0 radical (unpaired) electrons. The zero-order valence-corrected chi connectivity index (χ0v) is 15.0. The number of sulfonamides is 1. The van der Waals surface area contributed by atoms with Crippen LogP contribution < -0.4 is 5.32 Å². The molecule has 6 nitrogen and oxygen atoms in total. The largest absolute Gasteiger partial charge is 0.371 e. The topological polar surface area (TPSA) is 75.7 Å². The second-order valence-corrected chi connectivity index (χ2v) is 8.88. The summed E-state index contributed by atoms with van der Waals surface area (Å²) >= 11 is 0. The van der Waals surface area contributed by atoms with Gasteiger partial charge < -0.3 is 10.1 Å². The number of benzene rings is 1. The van der Waals surface area contributed by atoms with E-state index in [1.807, 2.05) is 20.8 Å². The molecule has 2 heterocycles. The fourth-order valence-corrected chi connectivity index (χ4v) is 4.83. The number of nitrogens with zero attached hydrogens (tertiary/aromatic N) is 1. The first-order valence-corrected chi connectivity index (χ1v) is 9.74. The molecule has 0 aromatic heterocycles. The predicted molar refractivity (Wildman–Crippen MR) is 90.0 cm³/mol. The van der Waals surface area contributed by atoms with Gasteiger partial charge >= 0.3 is 0 Å². The first kappa shape index (κ1) is 17.4. The lowest BCUT2D eigenvalue weighted by Crippen LogP contribution is -2.48. The van der Waals surface area contributed by atoms with Crippen molar-refractivity contribution in [3.05, 3.63) is 29.8 Å². The Balaban J connectivity index is 1.76. The number of morpholine rings is 1. The van der Waals surface area contributed by atoms with Crippen molar-refractivity contribution >= 4 is 15.9 Å².